The van der Waals surface area contributed by atoms with Gasteiger partial charge in [-0.2, -0.15) is 13.2 Å². The van der Waals surface area contributed by atoms with E-state index >= 15 is 0 Å². The second-order valence-corrected chi connectivity index (χ2v) is 6.83. The largest absolute Gasteiger partial charge is 0.471 e. The van der Waals surface area contributed by atoms with E-state index in [1.807, 2.05) is 0 Å². The van der Waals surface area contributed by atoms with E-state index in [0.29, 0.717) is 11.8 Å². The number of halogens is 7. The van der Waals surface area contributed by atoms with E-state index < -0.39 is 29.8 Å². The van der Waals surface area contributed by atoms with Crippen LogP contribution in [0.2, 0.25) is 0 Å². The molecule has 0 saturated carbocycles. The van der Waals surface area contributed by atoms with Crippen LogP contribution in [0, 0.1) is 11.6 Å². The third kappa shape index (κ3) is 5.21. The van der Waals surface area contributed by atoms with Gasteiger partial charge in [0.25, 0.3) is 0 Å². The number of aromatic nitrogens is 1. The molecule has 2 rings (SSSR count). The summed E-state index contributed by atoms with van der Waals surface area (Å²) in [5, 5.41) is 1.68. The molecule has 0 fully saturated rings. The average molecular weight is 503 g/mol. The first-order chi connectivity index (χ1) is 12.0. The summed E-state index contributed by atoms with van der Waals surface area (Å²) in [4.78, 5) is 15.1. The highest BCUT2D eigenvalue weighted by Gasteiger charge is 2.39. The van der Waals surface area contributed by atoms with Crippen LogP contribution in [0.4, 0.5) is 27.6 Å². The number of hydrogen-bond donors (Lipinski definition) is 2. The molecule has 0 spiro atoms. The molecule has 1 aromatic carbocycles. The Bertz CT molecular complexity index is 825. The second kappa shape index (κ2) is 7.97. The van der Waals surface area contributed by atoms with Crippen molar-refractivity contribution in [2.45, 2.75) is 18.6 Å². The monoisotopic (exact) mass is 501 g/mol. The SMILES string of the molecule is NC(Cc1nc(Br)c(NC(=O)C(F)(F)F)cc1Br)c1cc(F)cc(F)c1. The van der Waals surface area contributed by atoms with E-state index in [2.05, 4.69) is 36.8 Å². The van der Waals surface area contributed by atoms with Gasteiger partial charge in [0, 0.05) is 23.0 Å². The molecule has 0 aliphatic rings. The molecule has 1 unspecified atom stereocenters. The standard InChI is InChI=1S/C15H10Br2F5N3O/c16-9-4-12(25-14(26)15(20,21)22)13(17)24-11(9)5-10(23)6-1-7(18)3-8(19)2-6/h1-4,10H,5,23H2,(H,25,26). The number of rotatable bonds is 4. The minimum Gasteiger partial charge on any atom is -0.324 e. The molecule has 140 valence electrons. The molecular formula is C15H10Br2F5N3O. The molecule has 0 bridgehead atoms. The Morgan fingerprint density at radius 2 is 1.73 bits per heavy atom. The van der Waals surface area contributed by atoms with E-state index in [4.69, 9.17) is 5.73 Å². The lowest BCUT2D eigenvalue weighted by Crippen LogP contribution is -2.30. The molecule has 1 amide bonds. The first kappa shape index (κ1) is 20.7. The van der Waals surface area contributed by atoms with E-state index in [-0.39, 0.29) is 26.7 Å². The van der Waals surface area contributed by atoms with Gasteiger partial charge < -0.3 is 11.1 Å². The fourth-order valence-corrected chi connectivity index (χ4v) is 2.95. The maximum atomic E-state index is 13.3. The van der Waals surface area contributed by atoms with Gasteiger partial charge in [0.15, 0.2) is 0 Å². The van der Waals surface area contributed by atoms with Gasteiger partial charge in [-0.1, -0.05) is 0 Å². The number of pyridine rings is 1. The Morgan fingerprint density at radius 1 is 1.15 bits per heavy atom. The molecule has 2 aromatic rings. The molecule has 1 heterocycles. The Hall–Kier alpha value is -1.59. The third-order valence-corrected chi connectivity index (χ3v) is 4.53. The summed E-state index contributed by atoms with van der Waals surface area (Å²) >= 11 is 6.10. The lowest BCUT2D eigenvalue weighted by atomic mass is 10.0. The summed E-state index contributed by atoms with van der Waals surface area (Å²) in [5.41, 5.74) is 6.25. The van der Waals surface area contributed by atoms with Gasteiger partial charge in [0.2, 0.25) is 0 Å². The summed E-state index contributed by atoms with van der Waals surface area (Å²) < 4.78 is 63.8. The van der Waals surface area contributed by atoms with Gasteiger partial charge in [0.05, 0.1) is 11.4 Å². The second-order valence-electron chi connectivity index (χ2n) is 5.22. The van der Waals surface area contributed by atoms with Gasteiger partial charge in [0.1, 0.15) is 16.2 Å². The van der Waals surface area contributed by atoms with Crippen molar-refractivity contribution in [3.63, 3.8) is 0 Å². The molecular weight excluding hydrogens is 493 g/mol. The molecule has 4 nitrogen and oxygen atoms in total. The highest BCUT2D eigenvalue weighted by Crippen LogP contribution is 2.30. The quantitative estimate of drug-likeness (QED) is 0.473. The van der Waals surface area contributed by atoms with Crippen LogP contribution in [0.15, 0.2) is 33.3 Å². The summed E-state index contributed by atoms with van der Waals surface area (Å²) in [7, 11) is 0. The lowest BCUT2D eigenvalue weighted by molar-refractivity contribution is -0.167. The third-order valence-electron chi connectivity index (χ3n) is 3.23. The fourth-order valence-electron chi connectivity index (χ4n) is 2.04. The van der Waals surface area contributed by atoms with E-state index in [1.54, 1.807) is 5.32 Å². The van der Waals surface area contributed by atoms with Crippen LogP contribution in [-0.4, -0.2) is 17.1 Å². The van der Waals surface area contributed by atoms with Gasteiger partial charge in [-0.3, -0.25) is 4.79 Å². The zero-order chi connectivity index (χ0) is 19.6. The molecule has 0 aliphatic heterocycles. The zero-order valence-corrected chi connectivity index (χ0v) is 15.8. The maximum Gasteiger partial charge on any atom is 0.471 e. The minimum absolute atomic E-state index is 0.0373. The van der Waals surface area contributed by atoms with Crippen LogP contribution in [0.3, 0.4) is 0 Å². The molecule has 1 atom stereocenters. The number of nitrogens with two attached hydrogens (primary N) is 1. The first-order valence-electron chi connectivity index (χ1n) is 6.92. The Balaban J connectivity index is 2.23. The molecule has 26 heavy (non-hydrogen) atoms. The molecule has 1 aromatic heterocycles. The van der Waals surface area contributed by atoms with Crippen molar-refractivity contribution in [3.05, 3.63) is 56.2 Å². The number of anilines is 1. The number of hydrogen-bond acceptors (Lipinski definition) is 3. The Labute approximate surface area is 161 Å². The molecule has 0 radical (unpaired) electrons. The fraction of sp³-hybridized carbons (Fsp3) is 0.200. The highest BCUT2D eigenvalue weighted by atomic mass is 79.9. The van der Waals surface area contributed by atoms with Crippen LogP contribution in [0.5, 0.6) is 0 Å². The van der Waals surface area contributed by atoms with Crippen molar-refractivity contribution in [2.24, 2.45) is 5.73 Å². The van der Waals surface area contributed by atoms with Crippen molar-refractivity contribution in [1.82, 2.24) is 4.98 Å². The van der Waals surface area contributed by atoms with Crippen LogP contribution < -0.4 is 11.1 Å². The van der Waals surface area contributed by atoms with Crippen LogP contribution in [0.1, 0.15) is 17.3 Å². The molecule has 0 saturated heterocycles. The summed E-state index contributed by atoms with van der Waals surface area (Å²) in [5.74, 6) is -3.71. The summed E-state index contributed by atoms with van der Waals surface area (Å²) in [6.45, 7) is 0. The highest BCUT2D eigenvalue weighted by molar-refractivity contribution is 9.11. The molecule has 11 heteroatoms. The predicted molar refractivity (Wildman–Crippen MR) is 91.3 cm³/mol. The topological polar surface area (TPSA) is 68.0 Å². The number of amides is 1. The van der Waals surface area contributed by atoms with Gasteiger partial charge in [-0.15, -0.1) is 0 Å². The maximum absolute atomic E-state index is 13.3. The van der Waals surface area contributed by atoms with Crippen molar-refractivity contribution >= 4 is 43.5 Å². The van der Waals surface area contributed by atoms with Gasteiger partial charge in [-0.05, 0) is 55.6 Å². The van der Waals surface area contributed by atoms with Crippen LogP contribution in [-0.2, 0) is 11.2 Å². The smallest absolute Gasteiger partial charge is 0.324 e. The van der Waals surface area contributed by atoms with Crippen molar-refractivity contribution < 1.29 is 26.7 Å². The first-order valence-corrected chi connectivity index (χ1v) is 8.50. The van der Waals surface area contributed by atoms with Crippen molar-refractivity contribution in [2.75, 3.05) is 5.32 Å². The summed E-state index contributed by atoms with van der Waals surface area (Å²) in [6.07, 6.45) is -5.01. The molecule has 3 N–H and O–H groups in total. The zero-order valence-electron chi connectivity index (χ0n) is 12.7. The van der Waals surface area contributed by atoms with E-state index in [1.165, 1.54) is 6.07 Å². The van der Waals surface area contributed by atoms with Crippen molar-refractivity contribution in [1.29, 1.82) is 0 Å². The minimum atomic E-state index is -5.05. The van der Waals surface area contributed by atoms with Crippen molar-refractivity contribution in [3.8, 4) is 0 Å². The lowest BCUT2D eigenvalue weighted by Gasteiger charge is -2.15. The van der Waals surface area contributed by atoms with Gasteiger partial charge in [-0.25, -0.2) is 13.8 Å². The number of nitrogens with one attached hydrogen (secondary N) is 1. The normalized spacial score (nSPS) is 12.8. The number of alkyl halides is 3. The number of nitrogens with zero attached hydrogens (tertiary/aromatic N) is 1. The summed E-state index contributed by atoms with van der Waals surface area (Å²) in [6, 6.07) is 3.27. The van der Waals surface area contributed by atoms with E-state index in [0.717, 1.165) is 12.1 Å². The van der Waals surface area contributed by atoms with E-state index in [9.17, 15) is 26.7 Å². The number of carbonyl (C=O) groups excluding carboxylic acids is 1. The van der Waals surface area contributed by atoms with Crippen LogP contribution in [0.25, 0.3) is 0 Å². The Morgan fingerprint density at radius 3 is 2.27 bits per heavy atom. The number of benzene rings is 1. The van der Waals surface area contributed by atoms with Crippen LogP contribution >= 0.6 is 31.9 Å². The number of carbonyl (C=O) groups is 1. The molecule has 0 aliphatic carbocycles. The Kier molecular flexibility index (Phi) is 6.35. The average Bonchev–Trinajstić information content (AvgIpc) is 2.50. The predicted octanol–water partition coefficient (Wildman–Crippen LogP) is 4.63. The van der Waals surface area contributed by atoms with Gasteiger partial charge >= 0.3 is 12.1 Å².